The summed E-state index contributed by atoms with van der Waals surface area (Å²) >= 11 is 0. The van der Waals surface area contributed by atoms with Crippen LogP contribution in [0.15, 0.2) is 12.7 Å². The molecule has 0 amide bonds. The Morgan fingerprint density at radius 2 is 2.14 bits per heavy atom. The van der Waals surface area contributed by atoms with E-state index in [0.29, 0.717) is 0 Å². The Morgan fingerprint density at radius 3 is 2.14 bits per heavy atom. The molecule has 0 saturated carbocycles. The molecule has 0 aliphatic rings. The van der Waals surface area contributed by atoms with Crippen molar-refractivity contribution >= 4 is 9.28 Å². The molecular formula is C4H9O2Si. The van der Waals surface area contributed by atoms with Gasteiger partial charge in [-0.25, -0.2) is 0 Å². The second kappa shape index (κ2) is 2.96. The normalized spacial score (nSPS) is 14.3. The molecular weight excluding hydrogens is 108 g/mol. The molecule has 1 atom stereocenters. The van der Waals surface area contributed by atoms with Crippen LogP contribution in [0.5, 0.6) is 0 Å². The molecule has 0 heterocycles. The Bertz CT molecular complexity index is 62.7. The highest BCUT2D eigenvalue weighted by atomic mass is 28.3. The Labute approximate surface area is 45.0 Å². The van der Waals surface area contributed by atoms with Crippen molar-refractivity contribution in [3.8, 4) is 0 Å². The van der Waals surface area contributed by atoms with Crippen molar-refractivity contribution in [1.29, 1.82) is 0 Å². The first-order chi connectivity index (χ1) is 3.18. The Balaban J connectivity index is 3.33. The molecule has 0 aromatic rings. The maximum absolute atomic E-state index is 8.41. The predicted molar refractivity (Wildman–Crippen MR) is 29.8 cm³/mol. The van der Waals surface area contributed by atoms with Gasteiger partial charge in [-0.1, -0.05) is 13.0 Å². The van der Waals surface area contributed by atoms with Gasteiger partial charge in [0.1, 0.15) is 0 Å². The second-order valence-corrected chi connectivity index (χ2v) is 3.01. The minimum atomic E-state index is -2.08. The summed E-state index contributed by atoms with van der Waals surface area (Å²) in [5, 5.41) is 0. The SMILES string of the molecule is C=CC(C)[Si](O)O. The summed E-state index contributed by atoms with van der Waals surface area (Å²) in [5.41, 5.74) is -0.120. The van der Waals surface area contributed by atoms with Gasteiger partial charge in [-0.15, -0.1) is 6.58 Å². The zero-order valence-corrected chi connectivity index (χ0v) is 5.26. The Hall–Kier alpha value is -0.123. The number of allylic oxidation sites excluding steroid dienone is 1. The van der Waals surface area contributed by atoms with E-state index in [9.17, 15) is 0 Å². The fraction of sp³-hybridized carbons (Fsp3) is 0.500. The smallest absolute Gasteiger partial charge is 0.386 e. The van der Waals surface area contributed by atoms with Crippen LogP contribution >= 0.6 is 0 Å². The standard InChI is InChI=1S/C4H9O2Si/c1-3-4(2)7(5)6/h3-6H,1H2,2H3. The lowest BCUT2D eigenvalue weighted by Crippen LogP contribution is -2.15. The lowest BCUT2D eigenvalue weighted by atomic mass is 10.5. The number of rotatable bonds is 2. The van der Waals surface area contributed by atoms with Gasteiger partial charge in [0.25, 0.3) is 0 Å². The molecule has 0 aromatic heterocycles. The van der Waals surface area contributed by atoms with E-state index in [2.05, 4.69) is 6.58 Å². The van der Waals surface area contributed by atoms with Crippen molar-refractivity contribution in [3.63, 3.8) is 0 Å². The minimum Gasteiger partial charge on any atom is -0.409 e. The minimum absolute atomic E-state index is 0.120. The van der Waals surface area contributed by atoms with Crippen LogP contribution in [-0.2, 0) is 0 Å². The fourth-order valence-corrected chi connectivity index (χ4v) is 0.316. The third-order valence-corrected chi connectivity index (χ3v) is 1.81. The zero-order chi connectivity index (χ0) is 5.86. The van der Waals surface area contributed by atoms with Crippen molar-refractivity contribution in [1.82, 2.24) is 0 Å². The van der Waals surface area contributed by atoms with Crippen LogP contribution in [0.1, 0.15) is 6.92 Å². The van der Waals surface area contributed by atoms with Gasteiger partial charge in [-0.05, 0) is 0 Å². The zero-order valence-electron chi connectivity index (χ0n) is 4.26. The average molecular weight is 117 g/mol. The maximum Gasteiger partial charge on any atom is 0.386 e. The van der Waals surface area contributed by atoms with E-state index in [1.165, 1.54) is 6.08 Å². The van der Waals surface area contributed by atoms with Crippen LogP contribution in [0.25, 0.3) is 0 Å². The molecule has 0 aromatic carbocycles. The van der Waals surface area contributed by atoms with Crippen molar-refractivity contribution < 1.29 is 9.59 Å². The van der Waals surface area contributed by atoms with Crippen molar-refractivity contribution in [3.05, 3.63) is 12.7 Å². The van der Waals surface area contributed by atoms with Crippen LogP contribution < -0.4 is 0 Å². The maximum atomic E-state index is 8.41. The van der Waals surface area contributed by atoms with E-state index in [4.69, 9.17) is 9.59 Å². The van der Waals surface area contributed by atoms with Crippen LogP contribution in [0.4, 0.5) is 0 Å². The van der Waals surface area contributed by atoms with Gasteiger partial charge >= 0.3 is 9.28 Å². The van der Waals surface area contributed by atoms with Crippen LogP contribution in [0.3, 0.4) is 0 Å². The predicted octanol–water partition coefficient (Wildman–Crippen LogP) is 0.0353. The molecule has 41 valence electrons. The molecule has 3 heteroatoms. The molecule has 0 aliphatic heterocycles. The second-order valence-electron chi connectivity index (χ2n) is 1.38. The molecule has 0 fully saturated rings. The quantitative estimate of drug-likeness (QED) is 0.396. The molecule has 0 bridgehead atoms. The topological polar surface area (TPSA) is 40.5 Å². The van der Waals surface area contributed by atoms with Crippen molar-refractivity contribution in [2.45, 2.75) is 12.5 Å². The summed E-state index contributed by atoms with van der Waals surface area (Å²) in [4.78, 5) is 16.8. The summed E-state index contributed by atoms with van der Waals surface area (Å²) in [6.07, 6.45) is 1.54. The molecule has 2 nitrogen and oxygen atoms in total. The summed E-state index contributed by atoms with van der Waals surface area (Å²) in [5.74, 6) is 0. The highest BCUT2D eigenvalue weighted by molar-refractivity contribution is 6.43. The van der Waals surface area contributed by atoms with Crippen LogP contribution in [0, 0.1) is 0 Å². The highest BCUT2D eigenvalue weighted by Gasteiger charge is 2.10. The van der Waals surface area contributed by atoms with E-state index in [1.807, 2.05) is 0 Å². The van der Waals surface area contributed by atoms with E-state index in [1.54, 1.807) is 6.92 Å². The molecule has 0 saturated heterocycles. The number of hydrogen-bond donors (Lipinski definition) is 2. The molecule has 1 unspecified atom stereocenters. The molecule has 0 rings (SSSR count). The van der Waals surface area contributed by atoms with Gasteiger partial charge in [0.2, 0.25) is 0 Å². The Kier molecular flexibility index (Phi) is 2.90. The fourth-order valence-electron chi connectivity index (χ4n) is 0.105. The molecule has 0 aliphatic carbocycles. The summed E-state index contributed by atoms with van der Waals surface area (Å²) < 4.78 is 0. The van der Waals surface area contributed by atoms with E-state index >= 15 is 0 Å². The molecule has 1 radical (unpaired) electrons. The van der Waals surface area contributed by atoms with Crippen LogP contribution in [-0.4, -0.2) is 18.9 Å². The summed E-state index contributed by atoms with van der Waals surface area (Å²) in [6, 6.07) is 0. The lowest BCUT2D eigenvalue weighted by Gasteiger charge is -2.00. The van der Waals surface area contributed by atoms with Crippen LogP contribution in [0.2, 0.25) is 5.54 Å². The number of hydrogen-bond acceptors (Lipinski definition) is 2. The largest absolute Gasteiger partial charge is 0.409 e. The summed E-state index contributed by atoms with van der Waals surface area (Å²) in [7, 11) is -2.08. The van der Waals surface area contributed by atoms with E-state index < -0.39 is 9.28 Å². The van der Waals surface area contributed by atoms with Gasteiger partial charge in [0, 0.05) is 5.54 Å². The third-order valence-electron chi connectivity index (χ3n) is 0.761. The van der Waals surface area contributed by atoms with Gasteiger partial charge in [0.15, 0.2) is 0 Å². The average Bonchev–Trinajstić information content (AvgIpc) is 1.65. The first-order valence-corrected chi connectivity index (χ1v) is 3.53. The van der Waals surface area contributed by atoms with Gasteiger partial charge in [0.05, 0.1) is 0 Å². The summed E-state index contributed by atoms with van der Waals surface area (Å²) in [6.45, 7) is 5.11. The van der Waals surface area contributed by atoms with Gasteiger partial charge < -0.3 is 9.59 Å². The van der Waals surface area contributed by atoms with E-state index in [0.717, 1.165) is 0 Å². The van der Waals surface area contributed by atoms with Gasteiger partial charge in [-0.2, -0.15) is 0 Å². The van der Waals surface area contributed by atoms with Crippen molar-refractivity contribution in [2.24, 2.45) is 0 Å². The third kappa shape index (κ3) is 2.56. The first kappa shape index (κ1) is 6.88. The highest BCUT2D eigenvalue weighted by Crippen LogP contribution is 2.03. The molecule has 2 N–H and O–H groups in total. The first-order valence-electron chi connectivity index (χ1n) is 2.05. The van der Waals surface area contributed by atoms with E-state index in [-0.39, 0.29) is 5.54 Å². The van der Waals surface area contributed by atoms with Gasteiger partial charge in [-0.3, -0.25) is 0 Å². The van der Waals surface area contributed by atoms with Crippen molar-refractivity contribution in [2.75, 3.05) is 0 Å². The Morgan fingerprint density at radius 1 is 1.71 bits per heavy atom. The molecule has 0 spiro atoms. The monoisotopic (exact) mass is 117 g/mol. The lowest BCUT2D eigenvalue weighted by molar-refractivity contribution is 0.398. The molecule has 7 heavy (non-hydrogen) atoms.